The van der Waals surface area contributed by atoms with E-state index in [9.17, 15) is 4.79 Å². The van der Waals surface area contributed by atoms with Gasteiger partial charge in [-0.15, -0.1) is 11.3 Å². The number of amides is 1. The number of aromatic amines is 1. The van der Waals surface area contributed by atoms with Crippen molar-refractivity contribution in [3.63, 3.8) is 0 Å². The van der Waals surface area contributed by atoms with E-state index >= 15 is 0 Å². The van der Waals surface area contributed by atoms with Gasteiger partial charge >= 0.3 is 0 Å². The fourth-order valence-electron chi connectivity index (χ4n) is 3.09. The Balaban J connectivity index is 1.45. The molecule has 0 aliphatic carbocycles. The van der Waals surface area contributed by atoms with Crippen LogP contribution in [0.15, 0.2) is 24.3 Å². The van der Waals surface area contributed by atoms with Crippen LogP contribution in [0.25, 0.3) is 11.4 Å². The molecule has 27 heavy (non-hydrogen) atoms. The molecule has 7 nitrogen and oxygen atoms in total. The number of likely N-dealkylation sites (N-methyl/N-ethyl adjacent to an activating group) is 1. The van der Waals surface area contributed by atoms with Crippen LogP contribution in [0.1, 0.15) is 40.6 Å². The third-order valence-corrected chi connectivity index (χ3v) is 5.75. The lowest BCUT2D eigenvalue weighted by Crippen LogP contribution is -2.29. The molecule has 140 valence electrons. The molecule has 3 heterocycles. The SMILES string of the molecule is CCc1nc(-c2ccc(C(=O)Nc3nc4c(s3)CN(CC)CC4)cc2)n[nH]1. The highest BCUT2D eigenvalue weighted by molar-refractivity contribution is 7.15. The summed E-state index contributed by atoms with van der Waals surface area (Å²) in [6.07, 6.45) is 1.75. The number of aromatic nitrogens is 4. The molecule has 4 rings (SSSR count). The second-order valence-corrected chi connectivity index (χ2v) is 7.58. The Morgan fingerprint density at radius 3 is 2.78 bits per heavy atom. The molecule has 0 radical (unpaired) electrons. The number of anilines is 1. The quantitative estimate of drug-likeness (QED) is 0.708. The van der Waals surface area contributed by atoms with Crippen LogP contribution < -0.4 is 5.32 Å². The number of H-pyrrole nitrogens is 1. The lowest BCUT2D eigenvalue weighted by Gasteiger charge is -2.23. The van der Waals surface area contributed by atoms with Gasteiger partial charge in [0, 0.05) is 41.9 Å². The fraction of sp³-hybridized carbons (Fsp3) is 0.368. The van der Waals surface area contributed by atoms with Crippen LogP contribution in [-0.2, 0) is 19.4 Å². The zero-order valence-corrected chi connectivity index (χ0v) is 16.3. The van der Waals surface area contributed by atoms with E-state index in [0.717, 1.165) is 49.6 Å². The third-order valence-electron chi connectivity index (χ3n) is 4.75. The fourth-order valence-corrected chi connectivity index (χ4v) is 4.14. The summed E-state index contributed by atoms with van der Waals surface area (Å²) in [5.74, 6) is 1.34. The molecule has 0 saturated carbocycles. The van der Waals surface area contributed by atoms with Gasteiger partial charge < -0.3 is 0 Å². The minimum Gasteiger partial charge on any atom is -0.298 e. The minimum absolute atomic E-state index is 0.149. The molecule has 0 saturated heterocycles. The first-order valence-corrected chi connectivity index (χ1v) is 10.0. The van der Waals surface area contributed by atoms with Crippen molar-refractivity contribution in [2.24, 2.45) is 0 Å². The highest BCUT2D eigenvalue weighted by atomic mass is 32.1. The number of hydrogen-bond donors (Lipinski definition) is 2. The van der Waals surface area contributed by atoms with Gasteiger partial charge in [0.05, 0.1) is 5.69 Å². The number of nitrogens with one attached hydrogen (secondary N) is 2. The molecule has 2 aromatic heterocycles. The van der Waals surface area contributed by atoms with Gasteiger partial charge in [-0.25, -0.2) is 9.97 Å². The Hall–Kier alpha value is -2.58. The number of nitrogens with zero attached hydrogens (tertiary/aromatic N) is 4. The van der Waals surface area contributed by atoms with Crippen LogP contribution in [0, 0.1) is 0 Å². The zero-order chi connectivity index (χ0) is 18.8. The highest BCUT2D eigenvalue weighted by Crippen LogP contribution is 2.28. The Kier molecular flexibility index (Phi) is 5.00. The number of fused-ring (bicyclic) bond motifs is 1. The van der Waals surface area contributed by atoms with Gasteiger partial charge in [-0.05, 0) is 18.7 Å². The molecule has 1 aromatic carbocycles. The third kappa shape index (κ3) is 3.77. The van der Waals surface area contributed by atoms with E-state index in [1.807, 2.05) is 19.1 Å². The van der Waals surface area contributed by atoms with Crippen molar-refractivity contribution in [2.45, 2.75) is 33.2 Å². The molecular weight excluding hydrogens is 360 g/mol. The molecule has 1 aliphatic rings. The molecule has 0 atom stereocenters. The van der Waals surface area contributed by atoms with Gasteiger partial charge in [0.2, 0.25) is 0 Å². The predicted octanol–water partition coefficient (Wildman–Crippen LogP) is 3.12. The number of aryl methyl sites for hydroxylation is 1. The van der Waals surface area contributed by atoms with Crippen molar-refractivity contribution >= 4 is 22.4 Å². The Bertz CT molecular complexity index is 946. The van der Waals surface area contributed by atoms with E-state index in [2.05, 4.69) is 37.3 Å². The first-order chi connectivity index (χ1) is 13.2. The van der Waals surface area contributed by atoms with Crippen molar-refractivity contribution in [3.05, 3.63) is 46.2 Å². The molecular formula is C19H22N6OS. The number of carbonyl (C=O) groups excluding carboxylic acids is 1. The number of thiazole rings is 1. The Morgan fingerprint density at radius 1 is 1.26 bits per heavy atom. The number of hydrogen-bond acceptors (Lipinski definition) is 6. The maximum atomic E-state index is 12.6. The van der Waals surface area contributed by atoms with Crippen molar-refractivity contribution < 1.29 is 4.79 Å². The number of benzene rings is 1. The molecule has 3 aromatic rings. The van der Waals surface area contributed by atoms with Crippen LogP contribution >= 0.6 is 11.3 Å². The largest absolute Gasteiger partial charge is 0.298 e. The summed E-state index contributed by atoms with van der Waals surface area (Å²) < 4.78 is 0. The van der Waals surface area contributed by atoms with Crippen LogP contribution in [0.5, 0.6) is 0 Å². The predicted molar refractivity (Wildman–Crippen MR) is 106 cm³/mol. The molecule has 2 N–H and O–H groups in total. The van der Waals surface area contributed by atoms with E-state index in [1.54, 1.807) is 23.5 Å². The topological polar surface area (TPSA) is 86.8 Å². The van der Waals surface area contributed by atoms with E-state index < -0.39 is 0 Å². The highest BCUT2D eigenvalue weighted by Gasteiger charge is 2.20. The average molecular weight is 382 g/mol. The summed E-state index contributed by atoms with van der Waals surface area (Å²) in [5.41, 5.74) is 2.59. The van der Waals surface area contributed by atoms with Gasteiger partial charge in [-0.2, -0.15) is 5.10 Å². The lowest BCUT2D eigenvalue weighted by atomic mass is 10.1. The summed E-state index contributed by atoms with van der Waals surface area (Å²) in [4.78, 5) is 25.2. The first kappa shape index (κ1) is 17.8. The van der Waals surface area contributed by atoms with Crippen molar-refractivity contribution in [3.8, 4) is 11.4 Å². The monoisotopic (exact) mass is 382 g/mol. The summed E-state index contributed by atoms with van der Waals surface area (Å²) >= 11 is 1.57. The maximum Gasteiger partial charge on any atom is 0.257 e. The summed E-state index contributed by atoms with van der Waals surface area (Å²) in [6.45, 7) is 7.18. The van der Waals surface area contributed by atoms with E-state index in [4.69, 9.17) is 0 Å². The van der Waals surface area contributed by atoms with Crippen LogP contribution in [0.2, 0.25) is 0 Å². The molecule has 1 amide bonds. The smallest absolute Gasteiger partial charge is 0.257 e. The van der Waals surface area contributed by atoms with Crippen molar-refractivity contribution in [2.75, 3.05) is 18.4 Å². The molecule has 0 unspecified atom stereocenters. The van der Waals surface area contributed by atoms with Crippen molar-refractivity contribution in [1.82, 2.24) is 25.1 Å². The van der Waals surface area contributed by atoms with Gasteiger partial charge in [0.1, 0.15) is 5.82 Å². The molecule has 1 aliphatic heterocycles. The summed E-state index contributed by atoms with van der Waals surface area (Å²) in [5, 5.41) is 10.7. The van der Waals surface area contributed by atoms with Crippen LogP contribution in [-0.4, -0.2) is 44.1 Å². The van der Waals surface area contributed by atoms with Crippen LogP contribution in [0.4, 0.5) is 5.13 Å². The summed E-state index contributed by atoms with van der Waals surface area (Å²) in [6, 6.07) is 7.31. The van der Waals surface area contributed by atoms with Gasteiger partial charge in [-0.3, -0.25) is 20.1 Å². The van der Waals surface area contributed by atoms with Crippen molar-refractivity contribution in [1.29, 1.82) is 0 Å². The summed E-state index contributed by atoms with van der Waals surface area (Å²) in [7, 11) is 0. The van der Waals surface area contributed by atoms with Gasteiger partial charge in [-0.1, -0.05) is 26.0 Å². The second-order valence-electron chi connectivity index (χ2n) is 6.50. The molecule has 0 bridgehead atoms. The van der Waals surface area contributed by atoms with Gasteiger partial charge in [0.25, 0.3) is 5.91 Å². The van der Waals surface area contributed by atoms with E-state index in [-0.39, 0.29) is 5.91 Å². The van der Waals surface area contributed by atoms with Gasteiger partial charge in [0.15, 0.2) is 11.0 Å². The Labute approximate surface area is 161 Å². The maximum absolute atomic E-state index is 12.6. The lowest BCUT2D eigenvalue weighted by molar-refractivity contribution is 0.102. The number of carbonyl (C=O) groups is 1. The molecule has 8 heteroatoms. The Morgan fingerprint density at radius 2 is 2.07 bits per heavy atom. The first-order valence-electron chi connectivity index (χ1n) is 9.20. The number of rotatable bonds is 5. The van der Waals surface area contributed by atoms with Crippen LogP contribution in [0.3, 0.4) is 0 Å². The zero-order valence-electron chi connectivity index (χ0n) is 15.5. The van der Waals surface area contributed by atoms with E-state index in [0.29, 0.717) is 16.5 Å². The normalized spacial score (nSPS) is 14.1. The standard InChI is InChI=1S/C19H22N6OS/c1-3-16-21-17(24-23-16)12-5-7-13(8-6-12)18(26)22-19-20-14-9-10-25(4-2)11-15(14)27-19/h5-8H,3-4,9-11H2,1-2H3,(H,20,22,26)(H,21,23,24). The average Bonchev–Trinajstić information content (AvgIpc) is 3.33. The van der Waals surface area contributed by atoms with E-state index in [1.165, 1.54) is 4.88 Å². The molecule has 0 fully saturated rings. The molecule has 0 spiro atoms. The second kappa shape index (κ2) is 7.58. The minimum atomic E-state index is -0.149.